The topological polar surface area (TPSA) is 92.0 Å². The molecule has 0 spiro atoms. The van der Waals surface area contributed by atoms with Crippen LogP contribution in [0.25, 0.3) is 0 Å². The molecule has 0 aliphatic heterocycles. The van der Waals surface area contributed by atoms with Gasteiger partial charge in [0.2, 0.25) is 5.16 Å². The van der Waals surface area contributed by atoms with E-state index in [1.807, 2.05) is 12.1 Å². The third kappa shape index (κ3) is 4.10. The molecule has 2 aromatic heterocycles. The minimum absolute atomic E-state index is 0.270. The number of hydrogen-bond acceptors (Lipinski definition) is 7. The Hall–Kier alpha value is -2.48. The molecule has 1 fully saturated rings. The Morgan fingerprint density at radius 3 is 2.74 bits per heavy atom. The zero-order chi connectivity index (χ0) is 18.8. The van der Waals surface area contributed by atoms with Gasteiger partial charge >= 0.3 is 0 Å². The van der Waals surface area contributed by atoms with Gasteiger partial charge in [-0.05, 0) is 36.5 Å². The molecule has 2 N–H and O–H groups in total. The predicted molar refractivity (Wildman–Crippen MR) is 103 cm³/mol. The van der Waals surface area contributed by atoms with Gasteiger partial charge in [0.15, 0.2) is 5.82 Å². The molecule has 0 radical (unpaired) electrons. The van der Waals surface area contributed by atoms with Crippen molar-refractivity contribution in [2.75, 3.05) is 5.84 Å². The van der Waals surface area contributed by atoms with Gasteiger partial charge < -0.3 is 15.1 Å². The number of ether oxygens (including phenoxy) is 1. The van der Waals surface area contributed by atoms with Gasteiger partial charge in [-0.15, -0.1) is 10.2 Å². The maximum atomic E-state index is 6.13. The number of nitrogens with zero attached hydrogens (tertiary/aromatic N) is 4. The molecule has 4 rings (SSSR count). The minimum Gasteiger partial charge on any atom is -0.486 e. The number of thioether (sulfide) groups is 1. The number of hydrogen-bond donors (Lipinski definition) is 1. The highest BCUT2D eigenvalue weighted by molar-refractivity contribution is 7.98. The summed E-state index contributed by atoms with van der Waals surface area (Å²) < 4.78 is 12.6. The molecule has 1 aliphatic carbocycles. The van der Waals surface area contributed by atoms with Crippen LogP contribution in [0.3, 0.4) is 0 Å². The Labute approximate surface area is 162 Å². The Bertz CT molecular complexity index is 899. The van der Waals surface area contributed by atoms with Crippen molar-refractivity contribution in [3.05, 3.63) is 53.2 Å². The Balaban J connectivity index is 1.35. The molecule has 1 saturated carbocycles. The van der Waals surface area contributed by atoms with Gasteiger partial charge in [-0.3, -0.25) is 0 Å². The van der Waals surface area contributed by atoms with Crippen molar-refractivity contribution in [1.82, 2.24) is 20.0 Å². The number of rotatable bonds is 8. The lowest BCUT2D eigenvalue weighted by atomic mass is 10.0. The van der Waals surface area contributed by atoms with Gasteiger partial charge in [0, 0.05) is 17.2 Å². The SMILES string of the molecule is CC(C)c1ccc(OCc2nnc(SCc3cnoc3C3CC3)n2N)cc1. The normalized spacial score (nSPS) is 14.0. The van der Waals surface area contributed by atoms with Gasteiger partial charge in [-0.2, -0.15) is 0 Å². The Kier molecular flexibility index (Phi) is 5.07. The minimum atomic E-state index is 0.270. The number of aromatic nitrogens is 4. The van der Waals surface area contributed by atoms with Crippen LogP contribution in [0.2, 0.25) is 0 Å². The monoisotopic (exact) mass is 385 g/mol. The molecule has 1 aromatic carbocycles. The molecule has 0 saturated heterocycles. The summed E-state index contributed by atoms with van der Waals surface area (Å²) in [6.45, 7) is 4.60. The van der Waals surface area contributed by atoms with E-state index in [9.17, 15) is 0 Å². The van der Waals surface area contributed by atoms with E-state index in [4.69, 9.17) is 15.1 Å². The maximum absolute atomic E-state index is 6.13. The lowest BCUT2D eigenvalue weighted by Crippen LogP contribution is -2.15. The fourth-order valence-corrected chi connectivity index (χ4v) is 3.65. The third-order valence-corrected chi connectivity index (χ3v) is 5.62. The summed E-state index contributed by atoms with van der Waals surface area (Å²) in [5, 5.41) is 12.9. The fourth-order valence-electron chi connectivity index (χ4n) is 2.80. The van der Waals surface area contributed by atoms with Crippen LogP contribution in [0, 0.1) is 0 Å². The summed E-state index contributed by atoms with van der Waals surface area (Å²) >= 11 is 1.52. The van der Waals surface area contributed by atoms with Crippen LogP contribution in [0.15, 0.2) is 40.1 Å². The molecule has 8 heteroatoms. The molecule has 0 amide bonds. The lowest BCUT2D eigenvalue weighted by Gasteiger charge is -2.09. The molecule has 0 bridgehead atoms. The van der Waals surface area contributed by atoms with E-state index in [0.717, 1.165) is 17.1 Å². The molecule has 0 unspecified atom stereocenters. The van der Waals surface area contributed by atoms with Gasteiger partial charge in [0.1, 0.15) is 18.1 Å². The highest BCUT2D eigenvalue weighted by Crippen LogP contribution is 2.42. The third-order valence-electron chi connectivity index (χ3n) is 4.63. The molecule has 0 atom stereocenters. The quantitative estimate of drug-likeness (QED) is 0.465. The van der Waals surface area contributed by atoms with E-state index in [0.29, 0.717) is 28.6 Å². The van der Waals surface area contributed by atoms with Crippen LogP contribution in [-0.2, 0) is 12.4 Å². The van der Waals surface area contributed by atoms with Crippen LogP contribution in [0.4, 0.5) is 0 Å². The first-order valence-electron chi connectivity index (χ1n) is 9.10. The second kappa shape index (κ2) is 7.64. The van der Waals surface area contributed by atoms with Crippen LogP contribution in [-0.4, -0.2) is 20.0 Å². The van der Waals surface area contributed by atoms with Gasteiger partial charge in [0.25, 0.3) is 0 Å². The number of nitrogens with two attached hydrogens (primary N) is 1. The second-order valence-electron chi connectivity index (χ2n) is 7.06. The molecule has 27 heavy (non-hydrogen) atoms. The fraction of sp³-hybridized carbons (Fsp3) is 0.421. The molecule has 142 valence electrons. The van der Waals surface area contributed by atoms with E-state index in [2.05, 4.69) is 41.3 Å². The Morgan fingerprint density at radius 1 is 1.26 bits per heavy atom. The molecular formula is C19H23N5O2S. The van der Waals surface area contributed by atoms with Crippen LogP contribution >= 0.6 is 11.8 Å². The van der Waals surface area contributed by atoms with E-state index < -0.39 is 0 Å². The van der Waals surface area contributed by atoms with E-state index >= 15 is 0 Å². The first-order chi connectivity index (χ1) is 13.1. The van der Waals surface area contributed by atoms with Crippen molar-refractivity contribution < 1.29 is 9.26 Å². The van der Waals surface area contributed by atoms with Gasteiger partial charge in [-0.1, -0.05) is 42.9 Å². The largest absolute Gasteiger partial charge is 0.486 e. The summed E-state index contributed by atoms with van der Waals surface area (Å²) in [5.74, 6) is 10.2. The summed E-state index contributed by atoms with van der Waals surface area (Å²) in [6.07, 6.45) is 4.14. The zero-order valence-electron chi connectivity index (χ0n) is 15.5. The van der Waals surface area contributed by atoms with Crippen LogP contribution < -0.4 is 10.6 Å². The van der Waals surface area contributed by atoms with Gasteiger partial charge in [0.05, 0.1) is 6.20 Å². The first kappa shape index (κ1) is 17.9. The summed E-state index contributed by atoms with van der Waals surface area (Å²) in [5.41, 5.74) is 2.39. The molecule has 2 heterocycles. The highest BCUT2D eigenvalue weighted by Gasteiger charge is 2.30. The van der Waals surface area contributed by atoms with Crippen molar-refractivity contribution in [1.29, 1.82) is 0 Å². The van der Waals surface area contributed by atoms with Crippen LogP contribution in [0.1, 0.15) is 61.2 Å². The Morgan fingerprint density at radius 2 is 2.04 bits per heavy atom. The smallest absolute Gasteiger partial charge is 0.210 e. The molecular weight excluding hydrogens is 362 g/mol. The van der Waals surface area contributed by atoms with Crippen molar-refractivity contribution in [2.24, 2.45) is 0 Å². The standard InChI is InChI=1S/C19H23N5O2S/c1-12(2)13-5-7-16(8-6-13)25-10-17-22-23-19(24(17)20)27-11-15-9-21-26-18(15)14-3-4-14/h5-9,12,14H,3-4,10-11,20H2,1-2H3. The summed E-state index contributed by atoms with van der Waals surface area (Å²) in [6, 6.07) is 8.08. The average Bonchev–Trinajstić information content (AvgIpc) is 3.31. The molecule has 7 nitrogen and oxygen atoms in total. The van der Waals surface area contributed by atoms with E-state index in [1.54, 1.807) is 6.20 Å². The van der Waals surface area contributed by atoms with Crippen molar-refractivity contribution in [3.8, 4) is 5.75 Å². The van der Waals surface area contributed by atoms with Crippen molar-refractivity contribution in [2.45, 2.75) is 56.0 Å². The maximum Gasteiger partial charge on any atom is 0.210 e. The number of nitrogen functional groups attached to an aromatic ring is 1. The van der Waals surface area contributed by atoms with Gasteiger partial charge in [-0.25, -0.2) is 4.68 Å². The summed E-state index contributed by atoms with van der Waals surface area (Å²) in [7, 11) is 0. The van der Waals surface area contributed by atoms with Crippen LogP contribution in [0.5, 0.6) is 5.75 Å². The van der Waals surface area contributed by atoms with E-state index in [1.165, 1.54) is 34.8 Å². The van der Waals surface area contributed by atoms with Crippen molar-refractivity contribution >= 4 is 11.8 Å². The molecule has 1 aliphatic rings. The zero-order valence-corrected chi connectivity index (χ0v) is 16.3. The lowest BCUT2D eigenvalue weighted by molar-refractivity contribution is 0.291. The van der Waals surface area contributed by atoms with Crippen molar-refractivity contribution in [3.63, 3.8) is 0 Å². The molecule has 3 aromatic rings. The van der Waals surface area contributed by atoms with E-state index in [-0.39, 0.29) is 6.61 Å². The average molecular weight is 385 g/mol. The second-order valence-corrected chi connectivity index (χ2v) is 8.00. The number of benzene rings is 1. The first-order valence-corrected chi connectivity index (χ1v) is 10.1. The summed E-state index contributed by atoms with van der Waals surface area (Å²) in [4.78, 5) is 0. The predicted octanol–water partition coefficient (Wildman–Crippen LogP) is 3.85. The highest BCUT2D eigenvalue weighted by atomic mass is 32.2.